The van der Waals surface area contributed by atoms with Crippen molar-refractivity contribution in [2.75, 3.05) is 31.2 Å². The van der Waals surface area contributed by atoms with Crippen molar-refractivity contribution < 1.29 is 63.6 Å². The number of aliphatic carboxylic acids is 2. The van der Waals surface area contributed by atoms with Crippen LogP contribution in [-0.4, -0.2) is 150 Å². The lowest BCUT2D eigenvalue weighted by Crippen LogP contribution is -2.58. The largest absolute Gasteiger partial charge is 0.493 e. The quantitative estimate of drug-likeness (QED) is 0.0263. The molecule has 1 aromatic heterocycles. The molecule has 57 heavy (non-hydrogen) atoms. The highest BCUT2D eigenvalue weighted by atomic mass is 33.1. The van der Waals surface area contributed by atoms with Gasteiger partial charge in [0.1, 0.15) is 36.2 Å². The number of nitrogens with two attached hydrogens (primary N) is 3. The van der Waals surface area contributed by atoms with Crippen molar-refractivity contribution in [2.45, 2.75) is 70.0 Å². The van der Waals surface area contributed by atoms with E-state index in [0.717, 1.165) is 32.4 Å². The van der Waals surface area contributed by atoms with Crippen LogP contribution in [0, 0.1) is 5.92 Å². The lowest BCUT2D eigenvalue weighted by atomic mass is 10.0. The lowest BCUT2D eigenvalue weighted by molar-refractivity contribution is -0.142. The summed E-state index contributed by atoms with van der Waals surface area (Å²) >= 11 is 3.93. The van der Waals surface area contributed by atoms with E-state index >= 15 is 0 Å². The van der Waals surface area contributed by atoms with Crippen LogP contribution in [0.2, 0.25) is 0 Å². The van der Waals surface area contributed by atoms with Crippen LogP contribution in [0.1, 0.15) is 44.8 Å². The molecule has 6 atom stereocenters. The van der Waals surface area contributed by atoms with Crippen LogP contribution in [-0.2, 0) is 49.7 Å². The van der Waals surface area contributed by atoms with Gasteiger partial charge in [-0.25, -0.2) is 9.78 Å². The first-order valence-corrected chi connectivity index (χ1v) is 19.7. The van der Waals surface area contributed by atoms with E-state index in [1.165, 1.54) is 6.92 Å². The summed E-state index contributed by atoms with van der Waals surface area (Å²) in [6.07, 6.45) is -0.102. The number of nitrogens with zero attached hydrogens (tertiary/aromatic N) is 3. The Kier molecular flexibility index (Phi) is 21.8. The molecule has 0 saturated heterocycles. The maximum atomic E-state index is 13.0. The second-order valence-corrected chi connectivity index (χ2v) is 15.0. The van der Waals surface area contributed by atoms with Gasteiger partial charge >= 0.3 is 11.9 Å². The van der Waals surface area contributed by atoms with E-state index < -0.39 is 133 Å². The zero-order chi connectivity index (χ0) is 43.6. The topological polar surface area (TPSA) is 403 Å². The smallest absolute Gasteiger partial charge is 0.329 e. The molecule has 27 heteroatoms. The first kappa shape index (κ1) is 50.2. The monoisotopic (exact) mass is 865 g/mol. The molecule has 0 spiro atoms. The van der Waals surface area contributed by atoms with Gasteiger partial charge in [-0.15, -0.1) is 0 Å². The average molecular weight is 866 g/mol. The van der Waals surface area contributed by atoms with Gasteiger partial charge in [-0.05, 0) is 23.6 Å². The van der Waals surface area contributed by atoms with Gasteiger partial charge in [0.25, 0.3) is 0 Å². The van der Waals surface area contributed by atoms with Gasteiger partial charge in [0, 0.05) is 11.5 Å². The van der Waals surface area contributed by atoms with E-state index in [9.17, 15) is 63.6 Å². The SMILES string of the molecule is CC(C)[C@H](NC(=O)[C@H](CO)NC(=O)CN)C(=O)NCC(=O)N[C@@H](CC(=O)O)C(=O)NC(=O)Cn1c([C@H](C)N)nc(C=NC(CSSC(=O)[C@@H](N)CS)C(=O)O)c1O. The number of aliphatic hydroxyl groups is 1. The number of imidazole rings is 1. The predicted octanol–water partition coefficient (Wildman–Crippen LogP) is -5.06. The summed E-state index contributed by atoms with van der Waals surface area (Å²) in [6, 6.07) is -7.76. The van der Waals surface area contributed by atoms with E-state index in [1.807, 2.05) is 5.32 Å². The van der Waals surface area contributed by atoms with Crippen molar-refractivity contribution in [1.82, 2.24) is 36.1 Å². The molecule has 0 aliphatic carbocycles. The summed E-state index contributed by atoms with van der Waals surface area (Å²) in [5.74, 6) is -10.5. The van der Waals surface area contributed by atoms with Crippen LogP contribution in [0.5, 0.6) is 5.88 Å². The molecule has 1 aromatic rings. The van der Waals surface area contributed by atoms with Crippen molar-refractivity contribution in [3.8, 4) is 5.88 Å². The number of amides is 6. The highest BCUT2D eigenvalue weighted by Gasteiger charge is 2.30. The maximum absolute atomic E-state index is 13.0. The second kappa shape index (κ2) is 24.8. The van der Waals surface area contributed by atoms with Crippen LogP contribution in [0.4, 0.5) is 0 Å². The zero-order valence-corrected chi connectivity index (χ0v) is 33.4. The molecule has 0 saturated carbocycles. The van der Waals surface area contributed by atoms with Gasteiger partial charge < -0.3 is 58.9 Å². The summed E-state index contributed by atoms with van der Waals surface area (Å²) in [5.41, 5.74) is 16.4. The minimum absolute atomic E-state index is 0.0868. The van der Waals surface area contributed by atoms with Crippen molar-refractivity contribution in [2.24, 2.45) is 28.1 Å². The highest BCUT2D eigenvalue weighted by Crippen LogP contribution is 2.26. The third-order valence-electron chi connectivity index (χ3n) is 7.22. The number of aromatic nitrogens is 2. The Morgan fingerprint density at radius 1 is 0.930 bits per heavy atom. The first-order chi connectivity index (χ1) is 26.7. The fraction of sp³-hybridized carbons (Fsp3) is 0.567. The molecule has 0 aromatic carbocycles. The number of carboxylic acids is 2. The van der Waals surface area contributed by atoms with E-state index in [0.29, 0.717) is 0 Å². The molecule has 0 aliphatic heterocycles. The number of aliphatic imine (C=N–C) groups is 1. The number of hydrogen-bond donors (Lipinski definition) is 13. The number of aromatic hydroxyl groups is 1. The summed E-state index contributed by atoms with van der Waals surface area (Å²) in [5, 5.41) is 49.5. The number of carbonyl (C=O) groups is 9. The molecule has 1 heterocycles. The van der Waals surface area contributed by atoms with Gasteiger partial charge in [-0.1, -0.05) is 24.6 Å². The third-order valence-corrected chi connectivity index (χ3v) is 9.90. The Hall–Kier alpha value is -4.80. The fourth-order valence-corrected chi connectivity index (χ4v) is 6.60. The predicted molar refractivity (Wildman–Crippen MR) is 208 cm³/mol. The molecular weight excluding hydrogens is 819 g/mol. The van der Waals surface area contributed by atoms with Gasteiger partial charge in [0.15, 0.2) is 6.04 Å². The molecule has 0 bridgehead atoms. The van der Waals surface area contributed by atoms with Gasteiger partial charge in [-0.2, -0.15) is 12.6 Å². The summed E-state index contributed by atoms with van der Waals surface area (Å²) < 4.78 is 0.881. The number of thiol groups is 1. The first-order valence-electron chi connectivity index (χ1n) is 16.7. The Labute approximate surface area is 338 Å². The van der Waals surface area contributed by atoms with Crippen molar-refractivity contribution in [1.29, 1.82) is 0 Å². The molecule has 6 amide bonds. The van der Waals surface area contributed by atoms with Crippen LogP contribution >= 0.6 is 34.2 Å². The Morgan fingerprint density at radius 3 is 2.09 bits per heavy atom. The van der Waals surface area contributed by atoms with Gasteiger partial charge in [0.2, 0.25) is 46.4 Å². The Bertz CT molecular complexity index is 1680. The highest BCUT2D eigenvalue weighted by molar-refractivity contribution is 8.82. The van der Waals surface area contributed by atoms with Gasteiger partial charge in [-0.3, -0.25) is 53.2 Å². The number of aliphatic hydroxyl groups excluding tert-OH is 1. The minimum atomic E-state index is -1.85. The number of hydrogen-bond acceptors (Lipinski definition) is 19. The van der Waals surface area contributed by atoms with E-state index in [2.05, 4.69) is 43.9 Å². The fourth-order valence-electron chi connectivity index (χ4n) is 4.25. The number of imide groups is 1. The van der Waals surface area contributed by atoms with Crippen LogP contribution in [0.15, 0.2) is 4.99 Å². The zero-order valence-electron chi connectivity index (χ0n) is 30.9. The van der Waals surface area contributed by atoms with E-state index in [4.69, 9.17) is 17.2 Å². The molecule has 24 nitrogen and oxygen atoms in total. The maximum Gasteiger partial charge on any atom is 0.329 e. The van der Waals surface area contributed by atoms with Crippen LogP contribution < -0.4 is 43.8 Å². The number of carbonyl (C=O) groups excluding carboxylic acids is 7. The number of rotatable bonds is 24. The summed E-state index contributed by atoms with van der Waals surface area (Å²) in [6.45, 7) is 1.59. The third kappa shape index (κ3) is 17.1. The molecule has 15 N–H and O–H groups in total. The molecule has 1 rings (SSSR count). The van der Waals surface area contributed by atoms with E-state index in [-0.39, 0.29) is 23.0 Å². The Morgan fingerprint density at radius 2 is 1.56 bits per heavy atom. The molecule has 0 fully saturated rings. The molecular formula is C30H47N11O13S3. The number of nitrogens with one attached hydrogen (secondary N) is 5. The second-order valence-electron chi connectivity index (χ2n) is 12.2. The average Bonchev–Trinajstić information content (AvgIpc) is 3.45. The van der Waals surface area contributed by atoms with Crippen molar-refractivity contribution >= 4 is 92.9 Å². The Balaban J connectivity index is 3.03. The molecule has 1 unspecified atom stereocenters. The summed E-state index contributed by atoms with van der Waals surface area (Å²) in [4.78, 5) is 119. The van der Waals surface area contributed by atoms with Crippen LogP contribution in [0.25, 0.3) is 0 Å². The standard InChI is InChI=1S/C30H47N11O13S3/c1-12(2)23(40-26(49)17(9-42)37-19(43)5-31)27(50)35-7-20(44)36-15(4-22(46)47)25(48)39-21(45)8-41-24(13(3)32)38-16(28(41)51)6-34-18(29(52)53)11-56-57-30(54)14(33)10-55/h6,12-15,17-18,23,42,51,55H,4-5,7-11,31-33H2,1-3H3,(H,35,50)(H,36,44)(H,37,43)(H,40,49)(H,46,47)(H,52,53)(H,39,45,48)/t13-,14-,15-,17-,18?,23-/m0/s1. The van der Waals surface area contributed by atoms with Crippen molar-refractivity contribution in [3.05, 3.63) is 11.5 Å². The van der Waals surface area contributed by atoms with E-state index in [1.54, 1.807) is 13.8 Å². The molecule has 0 radical (unpaired) electrons. The molecule has 318 valence electrons. The normalized spacial score (nSPS) is 14.4. The lowest BCUT2D eigenvalue weighted by Gasteiger charge is -2.24. The number of carboxylic acid groups (broad SMARTS) is 2. The molecule has 0 aliphatic rings. The minimum Gasteiger partial charge on any atom is -0.493 e. The summed E-state index contributed by atoms with van der Waals surface area (Å²) in [7, 11) is 1.60. The van der Waals surface area contributed by atoms with Gasteiger partial charge in [0.05, 0.1) is 44.4 Å². The van der Waals surface area contributed by atoms with Crippen LogP contribution in [0.3, 0.4) is 0 Å². The van der Waals surface area contributed by atoms with Crippen molar-refractivity contribution in [3.63, 3.8) is 0 Å².